The number of pyridine rings is 1. The molecule has 1 aromatic heterocycles. The van der Waals surface area contributed by atoms with Gasteiger partial charge in [0.2, 0.25) is 0 Å². The number of nitrogens with zero attached hydrogens (tertiary/aromatic N) is 1. The van der Waals surface area contributed by atoms with Crippen LogP contribution in [0.4, 0.5) is 4.39 Å². The number of hydrogen-bond donors (Lipinski definition) is 2. The molecule has 1 heterocycles. The van der Waals surface area contributed by atoms with Crippen molar-refractivity contribution in [3.05, 3.63) is 28.3 Å². The van der Waals surface area contributed by atoms with Crippen LogP contribution in [0, 0.1) is 5.82 Å². The summed E-state index contributed by atoms with van der Waals surface area (Å²) < 4.78 is 13.1. The predicted molar refractivity (Wildman–Crippen MR) is 44.1 cm³/mol. The van der Waals surface area contributed by atoms with Gasteiger partial charge in [0.25, 0.3) is 0 Å². The first-order chi connectivity index (χ1) is 6.07. The number of nitrogens with two attached hydrogens (primary N) is 1. The van der Waals surface area contributed by atoms with E-state index in [2.05, 4.69) is 4.98 Å². The van der Waals surface area contributed by atoms with Crippen molar-refractivity contribution in [2.24, 2.45) is 5.73 Å². The van der Waals surface area contributed by atoms with Crippen LogP contribution in [0.1, 0.15) is 16.1 Å². The van der Waals surface area contributed by atoms with E-state index < -0.39 is 17.5 Å². The second-order valence-corrected chi connectivity index (χ2v) is 2.65. The summed E-state index contributed by atoms with van der Waals surface area (Å²) in [6.07, 6.45) is 1.15. The van der Waals surface area contributed by atoms with Crippen molar-refractivity contribution < 1.29 is 14.3 Å². The van der Waals surface area contributed by atoms with Crippen molar-refractivity contribution in [1.29, 1.82) is 0 Å². The molecular formula is C7H6ClFN2O2. The smallest absolute Gasteiger partial charge is 0.357 e. The second kappa shape index (κ2) is 3.68. The Kier molecular flexibility index (Phi) is 2.79. The average molecular weight is 205 g/mol. The van der Waals surface area contributed by atoms with E-state index in [4.69, 9.17) is 22.4 Å². The first-order valence-electron chi connectivity index (χ1n) is 3.34. The van der Waals surface area contributed by atoms with Gasteiger partial charge in [0.05, 0.1) is 5.02 Å². The molecule has 1 aromatic rings. The first-order valence-corrected chi connectivity index (χ1v) is 3.72. The summed E-state index contributed by atoms with van der Waals surface area (Å²) >= 11 is 5.48. The lowest BCUT2D eigenvalue weighted by Crippen LogP contribution is -2.08. The third-order valence-corrected chi connectivity index (χ3v) is 1.86. The number of carbonyl (C=O) groups is 1. The van der Waals surface area contributed by atoms with Crippen molar-refractivity contribution >= 4 is 17.6 Å². The lowest BCUT2D eigenvalue weighted by Gasteiger charge is -2.03. The molecule has 1 rings (SSSR count). The summed E-state index contributed by atoms with van der Waals surface area (Å²) in [6, 6.07) is 0. The fourth-order valence-electron chi connectivity index (χ4n) is 0.792. The van der Waals surface area contributed by atoms with E-state index in [-0.39, 0.29) is 17.1 Å². The molecule has 0 bridgehead atoms. The van der Waals surface area contributed by atoms with Gasteiger partial charge in [-0.25, -0.2) is 14.2 Å². The second-order valence-electron chi connectivity index (χ2n) is 2.27. The molecule has 0 fully saturated rings. The Morgan fingerprint density at radius 3 is 2.85 bits per heavy atom. The van der Waals surface area contributed by atoms with E-state index in [0.717, 1.165) is 6.20 Å². The largest absolute Gasteiger partial charge is 0.476 e. The molecule has 6 heteroatoms. The van der Waals surface area contributed by atoms with Crippen LogP contribution in [0.2, 0.25) is 5.02 Å². The normalized spacial score (nSPS) is 10.1. The maximum Gasteiger partial charge on any atom is 0.357 e. The minimum atomic E-state index is -1.46. The molecule has 0 amide bonds. The average Bonchev–Trinajstić information content (AvgIpc) is 2.09. The van der Waals surface area contributed by atoms with E-state index in [1.54, 1.807) is 0 Å². The Balaban J connectivity index is 3.31. The van der Waals surface area contributed by atoms with Gasteiger partial charge in [-0.05, 0) is 0 Å². The number of halogens is 2. The summed E-state index contributed by atoms with van der Waals surface area (Å²) in [7, 11) is 0. The Labute approximate surface area is 78.1 Å². The summed E-state index contributed by atoms with van der Waals surface area (Å²) in [6.45, 7) is 0.0165. The zero-order chi connectivity index (χ0) is 10.0. The zero-order valence-corrected chi connectivity index (χ0v) is 7.18. The predicted octanol–water partition coefficient (Wildman–Crippen LogP) is 1.03. The quantitative estimate of drug-likeness (QED) is 0.755. The van der Waals surface area contributed by atoms with Gasteiger partial charge in [-0.1, -0.05) is 11.6 Å². The van der Waals surface area contributed by atoms with Gasteiger partial charge in [-0.2, -0.15) is 0 Å². The summed E-state index contributed by atoms with van der Waals surface area (Å²) in [5.74, 6) is -2.50. The fourth-order valence-corrected chi connectivity index (χ4v) is 1.01. The van der Waals surface area contributed by atoms with Gasteiger partial charge in [-0.15, -0.1) is 0 Å². The Hall–Kier alpha value is -1.20. The molecule has 0 aromatic carbocycles. The van der Waals surface area contributed by atoms with E-state index in [9.17, 15) is 9.18 Å². The molecule has 0 aliphatic rings. The summed E-state index contributed by atoms with van der Waals surface area (Å²) in [5.41, 5.74) is 4.80. The van der Waals surface area contributed by atoms with Crippen molar-refractivity contribution in [3.8, 4) is 0 Å². The van der Waals surface area contributed by atoms with Crippen LogP contribution in [0.5, 0.6) is 0 Å². The van der Waals surface area contributed by atoms with E-state index in [0.29, 0.717) is 0 Å². The molecule has 0 atom stereocenters. The highest BCUT2D eigenvalue weighted by Crippen LogP contribution is 2.20. The lowest BCUT2D eigenvalue weighted by molar-refractivity contribution is 0.0685. The Morgan fingerprint density at radius 1 is 1.77 bits per heavy atom. The van der Waals surface area contributed by atoms with Crippen LogP contribution in [0.3, 0.4) is 0 Å². The summed E-state index contributed by atoms with van der Waals surface area (Å²) in [4.78, 5) is 13.8. The number of rotatable bonds is 2. The fraction of sp³-hybridized carbons (Fsp3) is 0.143. The molecule has 70 valence electrons. The van der Waals surface area contributed by atoms with Crippen LogP contribution >= 0.6 is 11.6 Å². The number of hydrogen-bond acceptors (Lipinski definition) is 3. The molecule has 3 N–H and O–H groups in total. The third-order valence-electron chi connectivity index (χ3n) is 1.45. The lowest BCUT2D eigenvalue weighted by atomic mass is 10.2. The highest BCUT2D eigenvalue weighted by molar-refractivity contribution is 6.31. The molecule has 0 spiro atoms. The van der Waals surface area contributed by atoms with Crippen LogP contribution in [0.15, 0.2) is 6.20 Å². The van der Waals surface area contributed by atoms with Gasteiger partial charge in [0.1, 0.15) is 0 Å². The molecular weight excluding hydrogens is 199 g/mol. The maximum atomic E-state index is 13.1. The minimum absolute atomic E-state index is 0.0165. The van der Waals surface area contributed by atoms with Gasteiger partial charge in [0.15, 0.2) is 11.5 Å². The molecule has 4 nitrogen and oxygen atoms in total. The topological polar surface area (TPSA) is 76.2 Å². The molecule has 0 radical (unpaired) electrons. The molecule has 0 saturated carbocycles. The molecule has 13 heavy (non-hydrogen) atoms. The third kappa shape index (κ3) is 1.76. The van der Waals surface area contributed by atoms with Gasteiger partial charge in [0, 0.05) is 18.3 Å². The maximum absolute atomic E-state index is 13.1. The number of carboxylic acid groups (broad SMARTS) is 1. The Morgan fingerprint density at radius 2 is 2.38 bits per heavy atom. The van der Waals surface area contributed by atoms with Crippen LogP contribution < -0.4 is 5.73 Å². The standard InChI is InChI=1S/C7H6ClFN2O2/c8-4-3(1-10)2-11-6(5(4)9)7(12)13/h2H,1,10H2,(H,12,13). The van der Waals surface area contributed by atoms with Gasteiger partial charge >= 0.3 is 5.97 Å². The first kappa shape index (κ1) is 9.88. The number of aromatic nitrogens is 1. The number of carboxylic acids is 1. The van der Waals surface area contributed by atoms with Crippen LogP contribution in [-0.4, -0.2) is 16.1 Å². The SMILES string of the molecule is NCc1cnc(C(=O)O)c(F)c1Cl. The molecule has 0 unspecified atom stereocenters. The highest BCUT2D eigenvalue weighted by atomic mass is 35.5. The van der Waals surface area contributed by atoms with Crippen molar-refractivity contribution in [1.82, 2.24) is 4.98 Å². The highest BCUT2D eigenvalue weighted by Gasteiger charge is 2.17. The monoisotopic (exact) mass is 204 g/mol. The zero-order valence-electron chi connectivity index (χ0n) is 6.42. The van der Waals surface area contributed by atoms with Crippen molar-refractivity contribution in [2.45, 2.75) is 6.54 Å². The van der Waals surface area contributed by atoms with Crippen molar-refractivity contribution in [3.63, 3.8) is 0 Å². The van der Waals surface area contributed by atoms with E-state index in [1.807, 2.05) is 0 Å². The van der Waals surface area contributed by atoms with Crippen LogP contribution in [-0.2, 0) is 6.54 Å². The summed E-state index contributed by atoms with van der Waals surface area (Å²) in [5, 5.41) is 8.18. The molecule has 0 aliphatic heterocycles. The minimum Gasteiger partial charge on any atom is -0.476 e. The van der Waals surface area contributed by atoms with Crippen LogP contribution in [0.25, 0.3) is 0 Å². The van der Waals surface area contributed by atoms with E-state index >= 15 is 0 Å². The molecule has 0 saturated heterocycles. The van der Waals surface area contributed by atoms with Crippen molar-refractivity contribution in [2.75, 3.05) is 0 Å². The van der Waals surface area contributed by atoms with E-state index in [1.165, 1.54) is 0 Å². The van der Waals surface area contributed by atoms with Gasteiger partial charge < -0.3 is 10.8 Å². The van der Waals surface area contributed by atoms with Gasteiger partial charge in [-0.3, -0.25) is 0 Å². The Bertz CT molecular complexity index is 357. The number of aromatic carboxylic acids is 1. The molecule has 0 aliphatic carbocycles.